The molecule has 0 aliphatic rings. The summed E-state index contributed by atoms with van der Waals surface area (Å²) in [7, 11) is -3.48. The van der Waals surface area contributed by atoms with Crippen LogP contribution in [0.15, 0.2) is 63.9 Å². The van der Waals surface area contributed by atoms with Crippen LogP contribution in [0.2, 0.25) is 0 Å². The number of fused-ring (bicyclic) bond motifs is 1. The lowest BCUT2D eigenvalue weighted by molar-refractivity contribution is 0.0925. The molecule has 1 heterocycles. The van der Waals surface area contributed by atoms with Crippen molar-refractivity contribution in [3.63, 3.8) is 0 Å². The lowest BCUT2D eigenvalue weighted by atomic mass is 10.2. The molecule has 142 valence electrons. The van der Waals surface area contributed by atoms with E-state index in [0.717, 1.165) is 10.9 Å². The van der Waals surface area contributed by atoms with Gasteiger partial charge in [0, 0.05) is 25.0 Å². The zero-order valence-corrected chi connectivity index (χ0v) is 16.1. The smallest absolute Gasteiger partial charge is 0.287 e. The Labute approximate surface area is 158 Å². The summed E-state index contributed by atoms with van der Waals surface area (Å²) >= 11 is 0. The third-order valence-electron chi connectivity index (χ3n) is 4.37. The largest absolute Gasteiger partial charge is 0.451 e. The van der Waals surface area contributed by atoms with Crippen LogP contribution in [-0.2, 0) is 16.6 Å². The van der Waals surface area contributed by atoms with Crippen molar-refractivity contribution in [1.29, 1.82) is 0 Å². The Kier molecular flexibility index (Phi) is 5.62. The minimum Gasteiger partial charge on any atom is -0.451 e. The monoisotopic (exact) mass is 386 g/mol. The van der Waals surface area contributed by atoms with E-state index in [0.29, 0.717) is 18.7 Å². The second-order valence-corrected chi connectivity index (χ2v) is 8.00. The summed E-state index contributed by atoms with van der Waals surface area (Å²) < 4.78 is 31.9. The Morgan fingerprint density at radius 2 is 1.70 bits per heavy atom. The zero-order chi connectivity index (χ0) is 19.4. The molecule has 6 nitrogen and oxygen atoms in total. The van der Waals surface area contributed by atoms with Gasteiger partial charge in [-0.1, -0.05) is 44.2 Å². The maximum Gasteiger partial charge on any atom is 0.287 e. The summed E-state index contributed by atoms with van der Waals surface area (Å²) in [5, 5.41) is 3.66. The van der Waals surface area contributed by atoms with Gasteiger partial charge in [-0.25, -0.2) is 8.42 Å². The number of sulfonamides is 1. The van der Waals surface area contributed by atoms with Crippen LogP contribution in [0.1, 0.15) is 30.0 Å². The summed E-state index contributed by atoms with van der Waals surface area (Å²) in [5.74, 6) is -0.0667. The third kappa shape index (κ3) is 4.04. The number of rotatable bonds is 7. The van der Waals surface area contributed by atoms with Crippen molar-refractivity contribution in [2.24, 2.45) is 0 Å². The van der Waals surface area contributed by atoms with Gasteiger partial charge in [0.1, 0.15) is 5.58 Å². The maximum atomic E-state index is 12.5. The van der Waals surface area contributed by atoms with E-state index in [1.165, 1.54) is 4.31 Å². The van der Waals surface area contributed by atoms with E-state index >= 15 is 0 Å². The Bertz CT molecular complexity index is 1000. The summed E-state index contributed by atoms with van der Waals surface area (Å²) in [4.78, 5) is 12.5. The standard InChI is InChI=1S/C20H22N2O4S/c1-3-22(4-2)27(24,25)17-11-9-15(10-12-17)14-21-20(23)19-13-16-7-5-6-8-18(16)26-19/h5-13H,3-4,14H2,1-2H3,(H,21,23). The number of carbonyl (C=O) groups is 1. The molecule has 0 saturated carbocycles. The molecule has 0 bridgehead atoms. The number of hydrogen-bond acceptors (Lipinski definition) is 4. The van der Waals surface area contributed by atoms with Crippen LogP contribution in [0.25, 0.3) is 11.0 Å². The molecule has 1 aromatic heterocycles. The third-order valence-corrected chi connectivity index (χ3v) is 6.43. The highest BCUT2D eigenvalue weighted by molar-refractivity contribution is 7.89. The van der Waals surface area contributed by atoms with Crippen molar-refractivity contribution in [2.45, 2.75) is 25.3 Å². The molecule has 0 spiro atoms. The quantitative estimate of drug-likeness (QED) is 0.675. The van der Waals surface area contributed by atoms with Crippen LogP contribution < -0.4 is 5.32 Å². The minimum absolute atomic E-state index is 0.247. The van der Waals surface area contributed by atoms with E-state index in [1.807, 2.05) is 32.0 Å². The molecule has 3 rings (SSSR count). The number of amides is 1. The normalized spacial score (nSPS) is 11.8. The molecule has 1 amide bonds. The topological polar surface area (TPSA) is 79.6 Å². The molecule has 0 unspecified atom stereocenters. The molecule has 0 aliphatic heterocycles. The van der Waals surface area contributed by atoms with Gasteiger partial charge in [-0.3, -0.25) is 4.79 Å². The van der Waals surface area contributed by atoms with Gasteiger partial charge >= 0.3 is 0 Å². The molecule has 0 fully saturated rings. The van der Waals surface area contributed by atoms with Gasteiger partial charge in [0.05, 0.1) is 4.90 Å². The second-order valence-electron chi connectivity index (χ2n) is 6.06. The van der Waals surface area contributed by atoms with Crippen LogP contribution in [0.3, 0.4) is 0 Å². The van der Waals surface area contributed by atoms with E-state index in [2.05, 4.69) is 5.32 Å². The van der Waals surface area contributed by atoms with Crippen molar-refractivity contribution in [1.82, 2.24) is 9.62 Å². The van der Waals surface area contributed by atoms with Gasteiger partial charge in [0.15, 0.2) is 5.76 Å². The lowest BCUT2D eigenvalue weighted by Gasteiger charge is -2.18. The van der Waals surface area contributed by atoms with Crippen molar-refractivity contribution in [3.8, 4) is 0 Å². The molecule has 0 saturated heterocycles. The summed E-state index contributed by atoms with van der Waals surface area (Å²) in [6.07, 6.45) is 0. The van der Waals surface area contributed by atoms with Gasteiger partial charge in [0.25, 0.3) is 5.91 Å². The zero-order valence-electron chi connectivity index (χ0n) is 15.3. The maximum absolute atomic E-state index is 12.5. The highest BCUT2D eigenvalue weighted by Crippen LogP contribution is 2.19. The molecule has 27 heavy (non-hydrogen) atoms. The number of furan rings is 1. The summed E-state index contributed by atoms with van der Waals surface area (Å²) in [6.45, 7) is 4.75. The molecule has 3 aromatic rings. The first-order chi connectivity index (χ1) is 13.0. The summed E-state index contributed by atoms with van der Waals surface area (Å²) in [5.41, 5.74) is 1.46. The number of nitrogens with zero attached hydrogens (tertiary/aromatic N) is 1. The van der Waals surface area contributed by atoms with E-state index in [4.69, 9.17) is 4.42 Å². The fourth-order valence-corrected chi connectivity index (χ4v) is 4.31. The molecule has 0 atom stereocenters. The molecular formula is C20H22N2O4S. The Morgan fingerprint density at radius 1 is 1.04 bits per heavy atom. The van der Waals surface area contributed by atoms with Crippen LogP contribution in [-0.4, -0.2) is 31.7 Å². The van der Waals surface area contributed by atoms with Crippen molar-refractivity contribution < 1.29 is 17.6 Å². The van der Waals surface area contributed by atoms with Crippen molar-refractivity contribution in [2.75, 3.05) is 13.1 Å². The molecule has 0 radical (unpaired) electrons. The van der Waals surface area contributed by atoms with Crippen LogP contribution in [0, 0.1) is 0 Å². The van der Waals surface area contributed by atoms with E-state index in [-0.39, 0.29) is 23.1 Å². The van der Waals surface area contributed by atoms with E-state index in [9.17, 15) is 13.2 Å². The molecule has 2 aromatic carbocycles. The average molecular weight is 386 g/mol. The lowest BCUT2D eigenvalue weighted by Crippen LogP contribution is -2.30. The minimum atomic E-state index is -3.48. The van der Waals surface area contributed by atoms with E-state index < -0.39 is 10.0 Å². The van der Waals surface area contributed by atoms with Crippen molar-refractivity contribution >= 4 is 26.9 Å². The predicted octanol–water partition coefficient (Wildman–Crippen LogP) is 3.39. The second kappa shape index (κ2) is 7.94. The molecule has 7 heteroatoms. The fraction of sp³-hybridized carbons (Fsp3) is 0.250. The van der Waals surface area contributed by atoms with Crippen LogP contribution in [0.5, 0.6) is 0 Å². The highest BCUT2D eigenvalue weighted by atomic mass is 32.2. The number of para-hydroxylation sites is 1. The van der Waals surface area contributed by atoms with E-state index in [1.54, 1.807) is 36.4 Å². The van der Waals surface area contributed by atoms with Crippen LogP contribution >= 0.6 is 0 Å². The number of hydrogen-bond donors (Lipinski definition) is 1. The SMILES string of the molecule is CCN(CC)S(=O)(=O)c1ccc(CNC(=O)c2cc3ccccc3o2)cc1. The number of nitrogens with one attached hydrogen (secondary N) is 1. The predicted molar refractivity (Wildman–Crippen MR) is 104 cm³/mol. The van der Waals surface area contributed by atoms with Gasteiger partial charge in [-0.05, 0) is 29.8 Å². The van der Waals surface area contributed by atoms with Crippen molar-refractivity contribution in [3.05, 3.63) is 65.9 Å². The molecule has 0 aliphatic carbocycles. The Hall–Kier alpha value is -2.64. The Morgan fingerprint density at radius 3 is 2.33 bits per heavy atom. The fourth-order valence-electron chi connectivity index (χ4n) is 2.86. The van der Waals surface area contributed by atoms with Gasteiger partial charge in [-0.2, -0.15) is 4.31 Å². The molecule has 1 N–H and O–H groups in total. The first-order valence-electron chi connectivity index (χ1n) is 8.81. The average Bonchev–Trinajstić information content (AvgIpc) is 3.11. The first kappa shape index (κ1) is 19.1. The molecular weight excluding hydrogens is 364 g/mol. The number of carbonyl (C=O) groups excluding carboxylic acids is 1. The van der Waals surface area contributed by atoms with Crippen LogP contribution in [0.4, 0.5) is 0 Å². The van der Waals surface area contributed by atoms with Gasteiger partial charge in [-0.15, -0.1) is 0 Å². The summed E-state index contributed by atoms with van der Waals surface area (Å²) in [6, 6.07) is 15.7. The highest BCUT2D eigenvalue weighted by Gasteiger charge is 2.21. The Balaban J connectivity index is 1.67. The first-order valence-corrected chi connectivity index (χ1v) is 10.3. The van der Waals surface area contributed by atoms with Gasteiger partial charge in [0.2, 0.25) is 10.0 Å². The number of benzene rings is 2. The van der Waals surface area contributed by atoms with Gasteiger partial charge < -0.3 is 9.73 Å².